The lowest BCUT2D eigenvalue weighted by Crippen LogP contribution is -2.39. The molecule has 0 aromatic rings. The molecule has 1 aliphatic rings. The minimum absolute atomic E-state index is 0.786. The van der Waals surface area contributed by atoms with Gasteiger partial charge in [-0.05, 0) is 26.3 Å². The predicted molar refractivity (Wildman–Crippen MR) is 58.6 cm³/mol. The molecule has 0 aromatic heterocycles. The molecule has 0 radical (unpaired) electrons. The molecule has 1 heterocycles. The Bertz CT molecular complexity index is 233. The summed E-state index contributed by atoms with van der Waals surface area (Å²) in [5, 5.41) is 35.9. The van der Waals surface area contributed by atoms with Gasteiger partial charge in [0.25, 0.3) is 0 Å². The molecule has 0 amide bonds. The van der Waals surface area contributed by atoms with Crippen LogP contribution in [0.25, 0.3) is 0 Å². The molecule has 0 spiro atoms. The Morgan fingerprint density at radius 2 is 1.59 bits per heavy atom. The van der Waals surface area contributed by atoms with E-state index >= 15 is 0 Å². The maximum Gasteiger partial charge on any atom is 0.335 e. The molecular weight excluding hydrogens is 230 g/mol. The van der Waals surface area contributed by atoms with Crippen LogP contribution in [-0.4, -0.2) is 57.2 Å². The summed E-state index contributed by atoms with van der Waals surface area (Å²) < 4.78 is 0. The van der Waals surface area contributed by atoms with Gasteiger partial charge in [0.15, 0.2) is 12.2 Å². The Labute approximate surface area is 99.1 Å². The highest BCUT2D eigenvalue weighted by Crippen LogP contribution is 2.04. The molecule has 3 atom stereocenters. The molecule has 1 fully saturated rings. The normalized spacial score (nSPS) is 22.9. The molecule has 7 nitrogen and oxygen atoms in total. The third-order valence-corrected chi connectivity index (χ3v) is 2.36. The van der Waals surface area contributed by atoms with Gasteiger partial charge in [-0.2, -0.15) is 0 Å². The van der Waals surface area contributed by atoms with Gasteiger partial charge in [-0.1, -0.05) is 6.42 Å². The molecule has 5 N–H and O–H groups in total. The number of hydrogen-bond acceptors (Lipinski definition) is 5. The standard InChI is InChI=1S/C6H13N.C4H6O6/c1-6-4-2-3-5-7-6;5-1(3(7)8)2(6)4(9)10/h6-7H,2-5H2,1H3;1-2,5-6H,(H,7,8)(H,9,10). The van der Waals surface area contributed by atoms with Gasteiger partial charge in [-0.15, -0.1) is 0 Å². The molecule has 1 aliphatic heterocycles. The summed E-state index contributed by atoms with van der Waals surface area (Å²) in [6.07, 6.45) is -0.353. The quantitative estimate of drug-likeness (QED) is 0.435. The number of carbonyl (C=O) groups is 2. The SMILES string of the molecule is CC1CCCCN1.O=C(O)C(O)C(O)C(=O)O. The van der Waals surface area contributed by atoms with E-state index in [1.165, 1.54) is 25.8 Å². The second-order valence-electron chi connectivity index (χ2n) is 3.92. The Morgan fingerprint density at radius 1 is 1.12 bits per heavy atom. The number of piperidine rings is 1. The Balaban J connectivity index is 0.000000318. The van der Waals surface area contributed by atoms with E-state index in [1.54, 1.807) is 0 Å². The molecular formula is C10H19NO6. The van der Waals surface area contributed by atoms with E-state index in [2.05, 4.69) is 12.2 Å². The van der Waals surface area contributed by atoms with Gasteiger partial charge in [-0.3, -0.25) is 0 Å². The van der Waals surface area contributed by atoms with Crippen molar-refractivity contribution < 1.29 is 30.0 Å². The van der Waals surface area contributed by atoms with E-state index in [9.17, 15) is 9.59 Å². The smallest absolute Gasteiger partial charge is 0.335 e. The second-order valence-corrected chi connectivity index (χ2v) is 3.92. The van der Waals surface area contributed by atoms with Crippen LogP contribution in [0.1, 0.15) is 26.2 Å². The monoisotopic (exact) mass is 249 g/mol. The lowest BCUT2D eigenvalue weighted by Gasteiger charge is -2.18. The van der Waals surface area contributed by atoms with Gasteiger partial charge in [0.1, 0.15) is 0 Å². The number of rotatable bonds is 3. The van der Waals surface area contributed by atoms with Crippen LogP contribution in [0.2, 0.25) is 0 Å². The van der Waals surface area contributed by atoms with Gasteiger partial charge in [0.2, 0.25) is 0 Å². The highest BCUT2D eigenvalue weighted by Gasteiger charge is 2.29. The van der Waals surface area contributed by atoms with Crippen molar-refractivity contribution >= 4 is 11.9 Å². The lowest BCUT2D eigenvalue weighted by molar-refractivity contribution is -0.165. The van der Waals surface area contributed by atoms with Gasteiger partial charge >= 0.3 is 11.9 Å². The van der Waals surface area contributed by atoms with Crippen molar-refractivity contribution in [1.29, 1.82) is 0 Å². The largest absolute Gasteiger partial charge is 0.479 e. The van der Waals surface area contributed by atoms with Crippen LogP contribution < -0.4 is 5.32 Å². The summed E-state index contributed by atoms with van der Waals surface area (Å²) in [6.45, 7) is 3.49. The van der Waals surface area contributed by atoms with Crippen LogP contribution in [-0.2, 0) is 9.59 Å². The number of carboxylic acids is 2. The van der Waals surface area contributed by atoms with E-state index in [4.69, 9.17) is 20.4 Å². The first-order chi connectivity index (χ1) is 7.86. The third kappa shape index (κ3) is 6.88. The van der Waals surface area contributed by atoms with E-state index in [0.717, 1.165) is 6.04 Å². The highest BCUT2D eigenvalue weighted by atomic mass is 16.4. The summed E-state index contributed by atoms with van der Waals surface area (Å²) >= 11 is 0. The fourth-order valence-corrected chi connectivity index (χ4v) is 1.30. The van der Waals surface area contributed by atoms with Crippen LogP contribution >= 0.6 is 0 Å². The topological polar surface area (TPSA) is 127 Å². The fourth-order valence-electron chi connectivity index (χ4n) is 1.30. The fraction of sp³-hybridized carbons (Fsp3) is 0.800. The molecule has 1 rings (SSSR count). The molecule has 7 heteroatoms. The first kappa shape index (κ1) is 15.8. The van der Waals surface area contributed by atoms with Gasteiger partial charge in [0, 0.05) is 6.04 Å². The number of aliphatic carboxylic acids is 2. The van der Waals surface area contributed by atoms with E-state index in [0.29, 0.717) is 0 Å². The zero-order valence-corrected chi connectivity index (χ0v) is 9.67. The molecule has 3 unspecified atom stereocenters. The summed E-state index contributed by atoms with van der Waals surface area (Å²) in [6, 6.07) is 0.786. The van der Waals surface area contributed by atoms with Crippen LogP contribution in [0.5, 0.6) is 0 Å². The number of carboxylic acid groups (broad SMARTS) is 2. The molecule has 1 saturated heterocycles. The van der Waals surface area contributed by atoms with Crippen LogP contribution in [0.3, 0.4) is 0 Å². The average molecular weight is 249 g/mol. The third-order valence-electron chi connectivity index (χ3n) is 2.36. The first-order valence-electron chi connectivity index (χ1n) is 5.41. The van der Waals surface area contributed by atoms with Crippen LogP contribution in [0.4, 0.5) is 0 Å². The summed E-state index contributed by atoms with van der Waals surface area (Å²) in [5.41, 5.74) is 0. The van der Waals surface area contributed by atoms with Crippen molar-refractivity contribution in [2.75, 3.05) is 6.54 Å². The molecule has 0 bridgehead atoms. The van der Waals surface area contributed by atoms with Crippen molar-refractivity contribution in [2.45, 2.75) is 44.4 Å². The molecule has 0 saturated carbocycles. The Hall–Kier alpha value is -1.18. The Kier molecular flexibility index (Phi) is 7.44. The average Bonchev–Trinajstić information content (AvgIpc) is 2.28. The first-order valence-corrected chi connectivity index (χ1v) is 5.41. The lowest BCUT2D eigenvalue weighted by atomic mass is 10.1. The van der Waals surface area contributed by atoms with Gasteiger partial charge in [0.05, 0.1) is 0 Å². The number of hydrogen-bond donors (Lipinski definition) is 5. The van der Waals surface area contributed by atoms with E-state index < -0.39 is 24.1 Å². The summed E-state index contributed by atoms with van der Waals surface area (Å²) in [4.78, 5) is 19.5. The molecule has 0 aliphatic carbocycles. The zero-order chi connectivity index (χ0) is 13.4. The van der Waals surface area contributed by atoms with Crippen LogP contribution in [0.15, 0.2) is 0 Å². The second kappa shape index (κ2) is 7.99. The van der Waals surface area contributed by atoms with Crippen molar-refractivity contribution in [3.8, 4) is 0 Å². The van der Waals surface area contributed by atoms with Gasteiger partial charge < -0.3 is 25.7 Å². The summed E-state index contributed by atoms with van der Waals surface area (Å²) in [5.74, 6) is -3.54. The number of aliphatic hydroxyl groups is 2. The van der Waals surface area contributed by atoms with Crippen molar-refractivity contribution in [2.24, 2.45) is 0 Å². The maximum atomic E-state index is 9.77. The van der Waals surface area contributed by atoms with Crippen LogP contribution in [0, 0.1) is 0 Å². The number of aliphatic hydroxyl groups excluding tert-OH is 2. The van der Waals surface area contributed by atoms with Crippen molar-refractivity contribution in [3.05, 3.63) is 0 Å². The Morgan fingerprint density at radius 3 is 1.76 bits per heavy atom. The van der Waals surface area contributed by atoms with E-state index in [-0.39, 0.29) is 0 Å². The molecule has 100 valence electrons. The minimum atomic E-state index is -2.27. The molecule has 17 heavy (non-hydrogen) atoms. The zero-order valence-electron chi connectivity index (χ0n) is 9.67. The van der Waals surface area contributed by atoms with Crippen molar-refractivity contribution in [3.63, 3.8) is 0 Å². The van der Waals surface area contributed by atoms with Crippen molar-refractivity contribution in [1.82, 2.24) is 5.32 Å². The van der Waals surface area contributed by atoms with E-state index in [1.807, 2.05) is 0 Å². The summed E-state index contributed by atoms with van der Waals surface area (Å²) in [7, 11) is 0. The number of nitrogens with one attached hydrogen (secondary N) is 1. The molecule has 0 aromatic carbocycles. The highest BCUT2D eigenvalue weighted by molar-refractivity contribution is 5.83. The predicted octanol–water partition coefficient (Wildman–Crippen LogP) is -0.974. The maximum absolute atomic E-state index is 9.77. The van der Waals surface area contributed by atoms with Gasteiger partial charge in [-0.25, -0.2) is 9.59 Å². The minimum Gasteiger partial charge on any atom is -0.479 e.